The quantitative estimate of drug-likeness (QED) is 0.712. The van der Waals surface area contributed by atoms with Gasteiger partial charge in [0.1, 0.15) is 0 Å². The van der Waals surface area contributed by atoms with Gasteiger partial charge < -0.3 is 10.6 Å². The van der Waals surface area contributed by atoms with Crippen LogP contribution in [0.2, 0.25) is 0 Å². The summed E-state index contributed by atoms with van der Waals surface area (Å²) >= 11 is 0. The van der Waals surface area contributed by atoms with Crippen molar-refractivity contribution in [3.8, 4) is 0 Å². The lowest BCUT2D eigenvalue weighted by atomic mass is 9.91. The number of hydrogen-bond acceptors (Lipinski definition) is 3. The summed E-state index contributed by atoms with van der Waals surface area (Å²) in [5, 5.41) is 0. The van der Waals surface area contributed by atoms with Crippen LogP contribution in [0.3, 0.4) is 0 Å². The minimum absolute atomic E-state index is 0.836. The summed E-state index contributed by atoms with van der Waals surface area (Å²) in [4.78, 5) is 5.24. The molecular formula is C11H23N3. The van der Waals surface area contributed by atoms with E-state index in [2.05, 4.69) is 9.80 Å². The van der Waals surface area contributed by atoms with E-state index in [1.807, 2.05) is 0 Å². The first-order valence-corrected chi connectivity index (χ1v) is 6.06. The highest BCUT2D eigenvalue weighted by Crippen LogP contribution is 2.25. The van der Waals surface area contributed by atoms with Crippen molar-refractivity contribution < 1.29 is 0 Å². The van der Waals surface area contributed by atoms with Gasteiger partial charge in [0, 0.05) is 32.2 Å². The number of rotatable bonds is 4. The molecule has 2 rings (SSSR count). The van der Waals surface area contributed by atoms with Crippen molar-refractivity contribution in [1.82, 2.24) is 9.80 Å². The van der Waals surface area contributed by atoms with E-state index in [9.17, 15) is 0 Å². The molecule has 0 spiro atoms. The molecule has 2 fully saturated rings. The van der Waals surface area contributed by atoms with Crippen molar-refractivity contribution in [1.29, 1.82) is 0 Å². The molecule has 0 aromatic rings. The molecule has 2 aliphatic rings. The minimum atomic E-state index is 0.836. The second kappa shape index (κ2) is 5.10. The van der Waals surface area contributed by atoms with E-state index in [0.717, 1.165) is 19.0 Å². The van der Waals surface area contributed by atoms with Gasteiger partial charge in [-0.3, -0.25) is 4.90 Å². The van der Waals surface area contributed by atoms with Gasteiger partial charge in [0.15, 0.2) is 0 Å². The molecule has 0 amide bonds. The van der Waals surface area contributed by atoms with Crippen molar-refractivity contribution in [3.05, 3.63) is 0 Å². The molecule has 1 saturated carbocycles. The fraction of sp³-hybridized carbons (Fsp3) is 1.00. The van der Waals surface area contributed by atoms with Crippen molar-refractivity contribution >= 4 is 0 Å². The van der Waals surface area contributed by atoms with Crippen LogP contribution in [-0.4, -0.2) is 55.1 Å². The first-order chi connectivity index (χ1) is 6.90. The molecule has 82 valence electrons. The Morgan fingerprint density at radius 1 is 1.07 bits per heavy atom. The Kier molecular flexibility index (Phi) is 3.79. The van der Waals surface area contributed by atoms with Crippen LogP contribution in [0.25, 0.3) is 0 Å². The Hall–Kier alpha value is -0.120. The molecule has 0 atom stereocenters. The molecule has 0 aromatic carbocycles. The molecule has 3 heteroatoms. The van der Waals surface area contributed by atoms with Crippen LogP contribution in [-0.2, 0) is 0 Å². The smallest absolute Gasteiger partial charge is 0.0113 e. The van der Waals surface area contributed by atoms with Gasteiger partial charge in [0.05, 0.1) is 0 Å². The molecule has 1 saturated heterocycles. The fourth-order valence-corrected chi connectivity index (χ4v) is 2.42. The first kappa shape index (κ1) is 10.4. The molecule has 2 N–H and O–H groups in total. The molecule has 0 bridgehead atoms. The van der Waals surface area contributed by atoms with Crippen LogP contribution in [0, 0.1) is 0 Å². The maximum atomic E-state index is 5.51. The van der Waals surface area contributed by atoms with Gasteiger partial charge in [0.2, 0.25) is 0 Å². The fourth-order valence-electron chi connectivity index (χ4n) is 2.42. The average molecular weight is 197 g/mol. The summed E-state index contributed by atoms with van der Waals surface area (Å²) in [6, 6.07) is 0.937. The van der Waals surface area contributed by atoms with Gasteiger partial charge in [-0.25, -0.2) is 0 Å². The molecule has 0 radical (unpaired) electrons. The van der Waals surface area contributed by atoms with E-state index in [4.69, 9.17) is 5.73 Å². The lowest BCUT2D eigenvalue weighted by Gasteiger charge is -2.43. The molecular weight excluding hydrogens is 174 g/mol. The Morgan fingerprint density at radius 3 is 2.29 bits per heavy atom. The van der Waals surface area contributed by atoms with Crippen molar-refractivity contribution in [3.63, 3.8) is 0 Å². The number of nitrogens with zero attached hydrogens (tertiary/aromatic N) is 2. The monoisotopic (exact) mass is 197 g/mol. The minimum Gasteiger partial charge on any atom is -0.330 e. The van der Waals surface area contributed by atoms with Crippen LogP contribution >= 0.6 is 0 Å². The van der Waals surface area contributed by atoms with Gasteiger partial charge in [0.25, 0.3) is 0 Å². The molecule has 0 unspecified atom stereocenters. The normalized spacial score (nSPS) is 26.4. The predicted molar refractivity (Wildman–Crippen MR) is 59.3 cm³/mol. The highest BCUT2D eigenvalue weighted by atomic mass is 15.3. The van der Waals surface area contributed by atoms with Gasteiger partial charge >= 0.3 is 0 Å². The molecule has 14 heavy (non-hydrogen) atoms. The van der Waals surface area contributed by atoms with Gasteiger partial charge in [-0.1, -0.05) is 6.42 Å². The Balaban J connectivity index is 1.64. The van der Waals surface area contributed by atoms with Crippen molar-refractivity contribution in [2.24, 2.45) is 5.73 Å². The van der Waals surface area contributed by atoms with Crippen molar-refractivity contribution in [2.45, 2.75) is 31.7 Å². The van der Waals surface area contributed by atoms with Crippen molar-refractivity contribution in [2.75, 3.05) is 39.3 Å². The zero-order valence-electron chi connectivity index (χ0n) is 9.12. The second-order valence-corrected chi connectivity index (χ2v) is 4.60. The number of nitrogens with two attached hydrogens (primary N) is 1. The van der Waals surface area contributed by atoms with Gasteiger partial charge in [-0.05, 0) is 32.4 Å². The highest BCUT2D eigenvalue weighted by Gasteiger charge is 2.27. The van der Waals surface area contributed by atoms with E-state index >= 15 is 0 Å². The topological polar surface area (TPSA) is 32.5 Å². The van der Waals surface area contributed by atoms with E-state index in [1.54, 1.807) is 0 Å². The SMILES string of the molecule is NCCCN1CCN(C2CCC2)CC1. The summed E-state index contributed by atoms with van der Waals surface area (Å²) in [5.74, 6) is 0. The third kappa shape index (κ3) is 2.47. The zero-order chi connectivity index (χ0) is 9.80. The second-order valence-electron chi connectivity index (χ2n) is 4.60. The van der Waals surface area contributed by atoms with Crippen LogP contribution in [0.1, 0.15) is 25.7 Å². The molecule has 1 aliphatic heterocycles. The third-order valence-electron chi connectivity index (χ3n) is 3.68. The lowest BCUT2D eigenvalue weighted by Crippen LogP contribution is -2.52. The summed E-state index contributed by atoms with van der Waals surface area (Å²) in [6.45, 7) is 7.13. The van der Waals surface area contributed by atoms with Gasteiger partial charge in [-0.15, -0.1) is 0 Å². The zero-order valence-corrected chi connectivity index (χ0v) is 9.12. The summed E-state index contributed by atoms with van der Waals surface area (Å²) in [7, 11) is 0. The third-order valence-corrected chi connectivity index (χ3v) is 3.68. The highest BCUT2D eigenvalue weighted by molar-refractivity contribution is 4.83. The average Bonchev–Trinajstić information content (AvgIpc) is 2.14. The largest absolute Gasteiger partial charge is 0.330 e. The van der Waals surface area contributed by atoms with Crippen LogP contribution < -0.4 is 5.73 Å². The lowest BCUT2D eigenvalue weighted by molar-refractivity contribution is 0.0616. The van der Waals surface area contributed by atoms with Crippen LogP contribution in [0.4, 0.5) is 0 Å². The maximum Gasteiger partial charge on any atom is 0.0113 e. The van der Waals surface area contributed by atoms with Crippen LogP contribution in [0.15, 0.2) is 0 Å². The molecule has 0 aromatic heterocycles. The summed E-state index contributed by atoms with van der Waals surface area (Å²) in [5.41, 5.74) is 5.51. The van der Waals surface area contributed by atoms with Gasteiger partial charge in [-0.2, -0.15) is 0 Å². The number of piperazine rings is 1. The molecule has 1 aliphatic carbocycles. The first-order valence-electron chi connectivity index (χ1n) is 6.06. The standard InChI is InChI=1S/C11H23N3/c12-5-2-6-13-7-9-14(10-8-13)11-3-1-4-11/h11H,1-10,12H2. The Morgan fingerprint density at radius 2 is 1.79 bits per heavy atom. The van der Waals surface area contributed by atoms with E-state index < -0.39 is 0 Å². The van der Waals surface area contributed by atoms with E-state index in [-0.39, 0.29) is 0 Å². The van der Waals surface area contributed by atoms with Crippen LogP contribution in [0.5, 0.6) is 0 Å². The summed E-state index contributed by atoms with van der Waals surface area (Å²) in [6.07, 6.45) is 5.51. The van der Waals surface area contributed by atoms with E-state index in [0.29, 0.717) is 0 Å². The summed E-state index contributed by atoms with van der Waals surface area (Å²) < 4.78 is 0. The maximum absolute atomic E-state index is 5.51. The molecule has 1 heterocycles. The van der Waals surface area contributed by atoms with E-state index in [1.165, 1.54) is 52.0 Å². The Bertz CT molecular complexity index is 160. The predicted octanol–water partition coefficient (Wildman–Crippen LogP) is 0.505. The number of hydrogen-bond donors (Lipinski definition) is 1. The Labute approximate surface area is 87.2 Å². The molecule has 3 nitrogen and oxygen atoms in total.